The molecule has 1 N–H and O–H groups in total. The fraction of sp³-hybridized carbons (Fsp3) is 0.409. The van der Waals surface area contributed by atoms with Crippen LogP contribution in [0.15, 0.2) is 52.3 Å². The van der Waals surface area contributed by atoms with Crippen molar-refractivity contribution >= 4 is 25.8 Å². The van der Waals surface area contributed by atoms with E-state index in [0.717, 1.165) is 25.5 Å². The average molecular weight is 481 g/mol. The summed E-state index contributed by atoms with van der Waals surface area (Å²) < 4.78 is 57.2. The molecular formula is C22H28N2O6S2. The van der Waals surface area contributed by atoms with E-state index in [1.165, 1.54) is 37.4 Å². The van der Waals surface area contributed by atoms with Gasteiger partial charge in [-0.3, -0.25) is 4.79 Å². The highest BCUT2D eigenvalue weighted by molar-refractivity contribution is 7.90. The molecule has 1 saturated heterocycles. The predicted octanol–water partition coefficient (Wildman–Crippen LogP) is 2.76. The normalized spacial score (nSPS) is 15.9. The number of rotatable bonds is 7. The van der Waals surface area contributed by atoms with Gasteiger partial charge in [0.25, 0.3) is 5.91 Å². The van der Waals surface area contributed by atoms with Crippen molar-refractivity contribution in [3.63, 3.8) is 0 Å². The van der Waals surface area contributed by atoms with E-state index in [4.69, 9.17) is 4.74 Å². The molecule has 0 unspecified atom stereocenters. The Labute approximate surface area is 189 Å². The molecule has 10 heteroatoms. The van der Waals surface area contributed by atoms with Gasteiger partial charge in [0.15, 0.2) is 9.84 Å². The van der Waals surface area contributed by atoms with E-state index < -0.39 is 25.9 Å². The Bertz CT molecular complexity index is 1190. The zero-order valence-electron chi connectivity index (χ0n) is 18.4. The number of hydrogen-bond acceptors (Lipinski definition) is 6. The van der Waals surface area contributed by atoms with E-state index in [-0.39, 0.29) is 21.3 Å². The molecular weight excluding hydrogens is 452 g/mol. The number of sulfone groups is 1. The lowest BCUT2D eigenvalue weighted by molar-refractivity contribution is 0.0720. The first-order valence-electron chi connectivity index (χ1n) is 10.3. The predicted molar refractivity (Wildman–Crippen MR) is 121 cm³/mol. The number of piperidine rings is 1. The van der Waals surface area contributed by atoms with Crippen LogP contribution in [-0.2, 0) is 19.9 Å². The maximum absolute atomic E-state index is 13.0. The summed E-state index contributed by atoms with van der Waals surface area (Å²) in [5.74, 6) is 0.0759. The van der Waals surface area contributed by atoms with Crippen LogP contribution < -0.4 is 9.46 Å². The third-order valence-electron chi connectivity index (χ3n) is 5.50. The monoisotopic (exact) mass is 480 g/mol. The summed E-state index contributed by atoms with van der Waals surface area (Å²) in [6.45, 7) is 2.94. The number of nitrogens with zero attached hydrogens (tertiary/aromatic N) is 1. The lowest BCUT2D eigenvalue weighted by atomic mass is 10.1. The van der Waals surface area contributed by atoms with Crippen LogP contribution in [-0.4, -0.2) is 54.1 Å². The summed E-state index contributed by atoms with van der Waals surface area (Å²) in [7, 11) is -5.85. The quantitative estimate of drug-likeness (QED) is 0.653. The molecule has 0 aromatic heterocycles. The highest BCUT2D eigenvalue weighted by Crippen LogP contribution is 2.26. The molecule has 1 amide bonds. The second-order valence-electron chi connectivity index (χ2n) is 7.90. The third-order valence-corrected chi connectivity index (χ3v) is 8.16. The second-order valence-corrected chi connectivity index (χ2v) is 11.6. The van der Waals surface area contributed by atoms with Gasteiger partial charge in [0, 0.05) is 25.4 Å². The SMILES string of the molecule is COc1ccc(S(=O)(=O)N[C@@H](C)c2ccc(S(C)(=O)=O)cc2)cc1C(=O)N1CCCCC1. The largest absolute Gasteiger partial charge is 0.496 e. The maximum atomic E-state index is 13.0. The topological polar surface area (TPSA) is 110 Å². The van der Waals surface area contributed by atoms with Crippen molar-refractivity contribution in [3.05, 3.63) is 53.6 Å². The fourth-order valence-electron chi connectivity index (χ4n) is 3.66. The highest BCUT2D eigenvalue weighted by Gasteiger charge is 2.25. The Morgan fingerprint density at radius 1 is 0.969 bits per heavy atom. The molecule has 1 heterocycles. The molecule has 0 bridgehead atoms. The summed E-state index contributed by atoms with van der Waals surface area (Å²) in [5, 5.41) is 0. The average Bonchev–Trinajstić information content (AvgIpc) is 2.78. The number of benzene rings is 2. The van der Waals surface area contributed by atoms with Gasteiger partial charge in [0.2, 0.25) is 10.0 Å². The molecule has 0 saturated carbocycles. The number of carbonyl (C=O) groups is 1. The molecule has 1 aliphatic rings. The van der Waals surface area contributed by atoms with E-state index >= 15 is 0 Å². The molecule has 3 rings (SSSR count). The second kappa shape index (κ2) is 9.60. The van der Waals surface area contributed by atoms with Crippen molar-refractivity contribution in [1.29, 1.82) is 0 Å². The number of methoxy groups -OCH3 is 1. The van der Waals surface area contributed by atoms with E-state index in [1.807, 2.05) is 0 Å². The Kier molecular flexibility index (Phi) is 7.26. The highest BCUT2D eigenvalue weighted by atomic mass is 32.2. The summed E-state index contributed by atoms with van der Waals surface area (Å²) in [5.41, 5.74) is 0.821. The van der Waals surface area contributed by atoms with Crippen molar-refractivity contribution in [2.75, 3.05) is 26.5 Å². The molecule has 8 nitrogen and oxygen atoms in total. The molecule has 0 spiro atoms. The van der Waals surface area contributed by atoms with Gasteiger partial charge >= 0.3 is 0 Å². The minimum Gasteiger partial charge on any atom is -0.496 e. The van der Waals surface area contributed by atoms with Crippen LogP contribution in [0.5, 0.6) is 5.75 Å². The Balaban J connectivity index is 1.85. The van der Waals surface area contributed by atoms with Gasteiger partial charge in [-0.1, -0.05) is 12.1 Å². The van der Waals surface area contributed by atoms with Crippen LogP contribution in [0.3, 0.4) is 0 Å². The van der Waals surface area contributed by atoms with Crippen LogP contribution in [0.25, 0.3) is 0 Å². The lowest BCUT2D eigenvalue weighted by Gasteiger charge is -2.27. The summed E-state index contributed by atoms with van der Waals surface area (Å²) in [6.07, 6.45) is 4.02. The van der Waals surface area contributed by atoms with Crippen molar-refractivity contribution in [2.24, 2.45) is 0 Å². The van der Waals surface area contributed by atoms with Crippen LogP contribution in [0, 0.1) is 0 Å². The Morgan fingerprint density at radius 3 is 2.12 bits per heavy atom. The molecule has 2 aromatic carbocycles. The van der Waals surface area contributed by atoms with E-state index in [2.05, 4.69) is 4.72 Å². The van der Waals surface area contributed by atoms with E-state index in [0.29, 0.717) is 24.4 Å². The number of hydrogen-bond donors (Lipinski definition) is 1. The maximum Gasteiger partial charge on any atom is 0.257 e. The summed E-state index contributed by atoms with van der Waals surface area (Å²) in [4.78, 5) is 14.8. The van der Waals surface area contributed by atoms with Crippen molar-refractivity contribution < 1.29 is 26.4 Å². The van der Waals surface area contributed by atoms with Gasteiger partial charge in [0.05, 0.1) is 22.5 Å². The van der Waals surface area contributed by atoms with E-state index in [9.17, 15) is 21.6 Å². The van der Waals surface area contributed by atoms with Crippen LogP contribution >= 0.6 is 0 Å². The standard InChI is InChI=1S/C22H28N2O6S2/c1-16(17-7-9-18(10-8-17)31(3,26)27)23-32(28,29)19-11-12-21(30-2)20(15-19)22(25)24-13-5-4-6-14-24/h7-12,15-16,23H,4-6,13-14H2,1-3H3/t16-/m0/s1. The number of amides is 1. The van der Waals surface area contributed by atoms with Gasteiger partial charge in [-0.15, -0.1) is 0 Å². The first kappa shape index (κ1) is 24.2. The first-order chi connectivity index (χ1) is 15.0. The van der Waals surface area contributed by atoms with Gasteiger partial charge in [-0.2, -0.15) is 0 Å². The van der Waals surface area contributed by atoms with Gasteiger partial charge in [0.1, 0.15) is 5.75 Å². The minimum absolute atomic E-state index is 0.0433. The molecule has 1 aliphatic heterocycles. The molecule has 1 fully saturated rings. The first-order valence-corrected chi connectivity index (χ1v) is 13.7. The van der Waals surface area contributed by atoms with Crippen molar-refractivity contribution in [2.45, 2.75) is 42.0 Å². The van der Waals surface area contributed by atoms with E-state index in [1.54, 1.807) is 24.0 Å². The molecule has 174 valence electrons. The Hall–Kier alpha value is -2.43. The summed E-state index contributed by atoms with van der Waals surface area (Å²) in [6, 6.07) is 9.64. The van der Waals surface area contributed by atoms with Crippen LogP contribution in [0.2, 0.25) is 0 Å². The fourth-order valence-corrected chi connectivity index (χ4v) is 5.55. The van der Waals surface area contributed by atoms with Gasteiger partial charge in [-0.05, 0) is 62.1 Å². The summed E-state index contributed by atoms with van der Waals surface area (Å²) >= 11 is 0. The number of likely N-dealkylation sites (tertiary alicyclic amines) is 1. The number of carbonyl (C=O) groups excluding carboxylic acids is 1. The minimum atomic E-state index is -3.95. The smallest absolute Gasteiger partial charge is 0.257 e. The van der Waals surface area contributed by atoms with Crippen LogP contribution in [0.4, 0.5) is 0 Å². The van der Waals surface area contributed by atoms with Crippen LogP contribution in [0.1, 0.15) is 48.1 Å². The third kappa shape index (κ3) is 5.48. The molecule has 0 radical (unpaired) electrons. The lowest BCUT2D eigenvalue weighted by Crippen LogP contribution is -2.36. The number of ether oxygens (including phenoxy) is 1. The Morgan fingerprint density at radius 2 is 1.56 bits per heavy atom. The van der Waals surface area contributed by atoms with Crippen molar-refractivity contribution in [3.8, 4) is 5.75 Å². The zero-order valence-corrected chi connectivity index (χ0v) is 20.0. The molecule has 2 aromatic rings. The van der Waals surface area contributed by atoms with Gasteiger partial charge < -0.3 is 9.64 Å². The van der Waals surface area contributed by atoms with Gasteiger partial charge in [-0.25, -0.2) is 21.6 Å². The van der Waals surface area contributed by atoms with Crippen molar-refractivity contribution in [1.82, 2.24) is 9.62 Å². The number of nitrogens with one attached hydrogen (secondary N) is 1. The number of sulfonamides is 1. The molecule has 1 atom stereocenters. The molecule has 0 aliphatic carbocycles. The molecule has 32 heavy (non-hydrogen) atoms. The zero-order chi connectivity index (χ0) is 23.5.